The second-order valence-corrected chi connectivity index (χ2v) is 5.77. The highest BCUT2D eigenvalue weighted by molar-refractivity contribution is 5.32. The lowest BCUT2D eigenvalue weighted by atomic mass is 10.00. The molecule has 0 aliphatic carbocycles. The summed E-state index contributed by atoms with van der Waals surface area (Å²) in [5.41, 5.74) is 4.18. The Bertz CT molecular complexity index is 400. The van der Waals surface area contributed by atoms with E-state index in [1.165, 1.54) is 36.1 Å². The van der Waals surface area contributed by atoms with Crippen LogP contribution in [0.4, 0.5) is 0 Å². The van der Waals surface area contributed by atoms with Gasteiger partial charge in [-0.25, -0.2) is 0 Å². The fraction of sp³-hybridized carbons (Fsp3) is 0.625. The predicted molar refractivity (Wildman–Crippen MR) is 78.0 cm³/mol. The molecule has 0 radical (unpaired) electrons. The number of likely N-dealkylation sites (tertiary alicyclic amines) is 1. The van der Waals surface area contributed by atoms with Gasteiger partial charge in [0.1, 0.15) is 0 Å². The van der Waals surface area contributed by atoms with Crippen molar-refractivity contribution in [3.05, 3.63) is 34.9 Å². The number of benzene rings is 1. The summed E-state index contributed by atoms with van der Waals surface area (Å²) >= 11 is 0. The summed E-state index contributed by atoms with van der Waals surface area (Å²) in [5.74, 6) is 0. The van der Waals surface area contributed by atoms with Crippen LogP contribution in [-0.2, 0) is 0 Å². The molecule has 1 N–H and O–H groups in total. The quantitative estimate of drug-likeness (QED) is 0.878. The highest BCUT2D eigenvalue weighted by Crippen LogP contribution is 2.20. The van der Waals surface area contributed by atoms with Crippen molar-refractivity contribution in [3.8, 4) is 0 Å². The Labute approximate surface area is 111 Å². The number of likely N-dealkylation sites (N-methyl/N-ethyl adjacent to an activating group) is 1. The molecule has 2 rings (SSSR count). The fourth-order valence-corrected chi connectivity index (χ4v) is 2.97. The number of aryl methyl sites for hydroxylation is 2. The van der Waals surface area contributed by atoms with Crippen molar-refractivity contribution in [2.75, 3.05) is 20.1 Å². The first-order valence-corrected chi connectivity index (χ1v) is 7.08. The molecule has 1 aromatic rings. The van der Waals surface area contributed by atoms with Crippen molar-refractivity contribution in [1.82, 2.24) is 10.2 Å². The first-order valence-electron chi connectivity index (χ1n) is 7.08. The molecular weight excluding hydrogens is 220 g/mol. The van der Waals surface area contributed by atoms with E-state index in [2.05, 4.69) is 56.2 Å². The van der Waals surface area contributed by atoms with Crippen LogP contribution in [0.5, 0.6) is 0 Å². The highest BCUT2D eigenvalue weighted by Gasteiger charge is 2.21. The Balaban J connectivity index is 1.93. The van der Waals surface area contributed by atoms with Crippen LogP contribution in [0.3, 0.4) is 0 Å². The lowest BCUT2D eigenvalue weighted by molar-refractivity contribution is 0.293. The third-order valence-electron chi connectivity index (χ3n) is 4.22. The zero-order chi connectivity index (χ0) is 13.1. The molecule has 1 aliphatic rings. The number of nitrogens with one attached hydrogen (secondary N) is 1. The van der Waals surface area contributed by atoms with E-state index in [0.29, 0.717) is 6.04 Å². The second kappa shape index (κ2) is 5.85. The van der Waals surface area contributed by atoms with E-state index in [4.69, 9.17) is 0 Å². The minimum Gasteiger partial charge on any atom is -0.309 e. The fourth-order valence-electron chi connectivity index (χ4n) is 2.97. The first-order chi connectivity index (χ1) is 8.58. The average Bonchev–Trinajstić information content (AvgIpc) is 2.72. The van der Waals surface area contributed by atoms with Crippen molar-refractivity contribution in [1.29, 1.82) is 0 Å². The Morgan fingerprint density at radius 1 is 1.39 bits per heavy atom. The molecule has 100 valence electrons. The van der Waals surface area contributed by atoms with E-state index in [0.717, 1.165) is 12.6 Å². The topological polar surface area (TPSA) is 15.3 Å². The monoisotopic (exact) mass is 246 g/mol. The maximum Gasteiger partial charge on any atom is 0.0295 e. The molecule has 0 aromatic heterocycles. The summed E-state index contributed by atoms with van der Waals surface area (Å²) in [6.07, 6.45) is 2.68. The Morgan fingerprint density at radius 3 is 2.78 bits per heavy atom. The number of rotatable bonds is 4. The van der Waals surface area contributed by atoms with Gasteiger partial charge in [0.15, 0.2) is 0 Å². The van der Waals surface area contributed by atoms with Crippen LogP contribution < -0.4 is 5.32 Å². The Hall–Kier alpha value is -0.860. The van der Waals surface area contributed by atoms with E-state index in [9.17, 15) is 0 Å². The van der Waals surface area contributed by atoms with Gasteiger partial charge in [0, 0.05) is 18.6 Å². The van der Waals surface area contributed by atoms with Gasteiger partial charge in [-0.05, 0) is 58.3 Å². The second-order valence-electron chi connectivity index (χ2n) is 5.77. The number of nitrogens with zero attached hydrogens (tertiary/aromatic N) is 1. The normalized spacial score (nSPS) is 22.3. The molecule has 0 bridgehead atoms. The minimum atomic E-state index is 0.444. The summed E-state index contributed by atoms with van der Waals surface area (Å²) in [6.45, 7) is 8.99. The van der Waals surface area contributed by atoms with Crippen molar-refractivity contribution >= 4 is 0 Å². The van der Waals surface area contributed by atoms with Gasteiger partial charge in [-0.15, -0.1) is 0 Å². The third-order valence-corrected chi connectivity index (χ3v) is 4.22. The molecule has 2 unspecified atom stereocenters. The Morgan fingerprint density at radius 2 is 2.17 bits per heavy atom. The van der Waals surface area contributed by atoms with Crippen LogP contribution in [0.2, 0.25) is 0 Å². The van der Waals surface area contributed by atoms with Gasteiger partial charge in [-0.1, -0.05) is 23.8 Å². The van der Waals surface area contributed by atoms with E-state index < -0.39 is 0 Å². The molecule has 1 heterocycles. The predicted octanol–water partition coefficient (Wildman–Crippen LogP) is 3.05. The largest absolute Gasteiger partial charge is 0.309 e. The summed E-state index contributed by atoms with van der Waals surface area (Å²) in [6, 6.07) is 7.91. The zero-order valence-electron chi connectivity index (χ0n) is 12.2. The third kappa shape index (κ3) is 3.12. The van der Waals surface area contributed by atoms with Crippen LogP contribution in [0.15, 0.2) is 18.2 Å². The maximum absolute atomic E-state index is 3.69. The van der Waals surface area contributed by atoms with E-state index >= 15 is 0 Å². The first kappa shape index (κ1) is 13.6. The van der Waals surface area contributed by atoms with Gasteiger partial charge in [-0.3, -0.25) is 0 Å². The SMILES string of the molecule is Cc1ccc(C(C)NCC2CCCN2C)c(C)c1. The summed E-state index contributed by atoms with van der Waals surface area (Å²) in [4.78, 5) is 2.47. The van der Waals surface area contributed by atoms with Gasteiger partial charge in [0.2, 0.25) is 0 Å². The lowest BCUT2D eigenvalue weighted by Crippen LogP contribution is -2.36. The molecule has 0 amide bonds. The standard InChI is InChI=1S/C16H26N2/c1-12-7-8-16(13(2)10-12)14(3)17-11-15-6-5-9-18(15)4/h7-8,10,14-15,17H,5-6,9,11H2,1-4H3. The minimum absolute atomic E-state index is 0.444. The van der Waals surface area contributed by atoms with Gasteiger partial charge >= 0.3 is 0 Å². The zero-order valence-corrected chi connectivity index (χ0v) is 12.2. The molecular formula is C16H26N2. The van der Waals surface area contributed by atoms with Crippen LogP contribution in [0, 0.1) is 13.8 Å². The Kier molecular flexibility index (Phi) is 4.41. The smallest absolute Gasteiger partial charge is 0.0295 e. The lowest BCUT2D eigenvalue weighted by Gasteiger charge is -2.23. The molecule has 18 heavy (non-hydrogen) atoms. The summed E-state index contributed by atoms with van der Waals surface area (Å²) in [5, 5.41) is 3.69. The van der Waals surface area contributed by atoms with E-state index in [1.54, 1.807) is 0 Å². The molecule has 2 heteroatoms. The van der Waals surface area contributed by atoms with Crippen molar-refractivity contribution in [2.45, 2.75) is 45.7 Å². The van der Waals surface area contributed by atoms with Gasteiger partial charge < -0.3 is 10.2 Å². The highest BCUT2D eigenvalue weighted by atomic mass is 15.2. The van der Waals surface area contributed by atoms with Gasteiger partial charge in [0.25, 0.3) is 0 Å². The van der Waals surface area contributed by atoms with Crippen LogP contribution >= 0.6 is 0 Å². The van der Waals surface area contributed by atoms with Crippen molar-refractivity contribution < 1.29 is 0 Å². The molecule has 1 fully saturated rings. The summed E-state index contributed by atoms with van der Waals surface area (Å²) in [7, 11) is 2.24. The van der Waals surface area contributed by atoms with E-state index in [-0.39, 0.29) is 0 Å². The van der Waals surface area contributed by atoms with Crippen LogP contribution in [0.1, 0.15) is 42.5 Å². The molecule has 1 aromatic carbocycles. The molecule has 2 atom stereocenters. The molecule has 0 saturated carbocycles. The number of hydrogen-bond acceptors (Lipinski definition) is 2. The van der Waals surface area contributed by atoms with Gasteiger partial charge in [0.05, 0.1) is 0 Å². The van der Waals surface area contributed by atoms with Gasteiger partial charge in [-0.2, -0.15) is 0 Å². The van der Waals surface area contributed by atoms with Crippen molar-refractivity contribution in [2.24, 2.45) is 0 Å². The molecule has 2 nitrogen and oxygen atoms in total. The van der Waals surface area contributed by atoms with Crippen molar-refractivity contribution in [3.63, 3.8) is 0 Å². The molecule has 1 saturated heterocycles. The maximum atomic E-state index is 3.69. The molecule has 0 spiro atoms. The molecule has 1 aliphatic heterocycles. The van der Waals surface area contributed by atoms with Crippen LogP contribution in [0.25, 0.3) is 0 Å². The number of hydrogen-bond donors (Lipinski definition) is 1. The van der Waals surface area contributed by atoms with Crippen LogP contribution in [-0.4, -0.2) is 31.1 Å². The van der Waals surface area contributed by atoms with E-state index in [1.807, 2.05) is 0 Å². The summed E-state index contributed by atoms with van der Waals surface area (Å²) < 4.78 is 0. The average molecular weight is 246 g/mol.